The third-order valence-electron chi connectivity index (χ3n) is 3.44. The summed E-state index contributed by atoms with van der Waals surface area (Å²) in [6, 6.07) is 7.48. The molecule has 0 fully saturated rings. The summed E-state index contributed by atoms with van der Waals surface area (Å²) >= 11 is 6.32. The number of aryl methyl sites for hydroxylation is 1. The van der Waals surface area contributed by atoms with Crippen LogP contribution in [0.2, 0.25) is 5.02 Å². The van der Waals surface area contributed by atoms with Crippen molar-refractivity contribution < 1.29 is 4.79 Å². The van der Waals surface area contributed by atoms with E-state index in [1.165, 1.54) is 5.56 Å². The lowest BCUT2D eigenvalue weighted by atomic mass is 10.1. The molecular formula is C15H15ClN6O. The number of aromatic nitrogens is 5. The van der Waals surface area contributed by atoms with Crippen LogP contribution in [-0.2, 0) is 6.42 Å². The first-order chi connectivity index (χ1) is 11.2. The topological polar surface area (TPSA) is 96.5 Å². The summed E-state index contributed by atoms with van der Waals surface area (Å²) in [6.07, 6.45) is 3.27. The van der Waals surface area contributed by atoms with Gasteiger partial charge in [0.2, 0.25) is 0 Å². The highest BCUT2D eigenvalue weighted by molar-refractivity contribution is 6.35. The molecule has 0 radical (unpaired) electrons. The van der Waals surface area contributed by atoms with Crippen LogP contribution in [0.4, 0.5) is 5.95 Å². The van der Waals surface area contributed by atoms with Crippen molar-refractivity contribution in [1.29, 1.82) is 0 Å². The lowest BCUT2D eigenvalue weighted by molar-refractivity contribution is 0.102. The number of aromatic amines is 1. The molecule has 2 aromatic heterocycles. The number of fused-ring (bicyclic) bond motifs is 1. The highest BCUT2D eigenvalue weighted by atomic mass is 35.5. The van der Waals surface area contributed by atoms with E-state index >= 15 is 0 Å². The van der Waals surface area contributed by atoms with Gasteiger partial charge < -0.3 is 0 Å². The molecule has 23 heavy (non-hydrogen) atoms. The summed E-state index contributed by atoms with van der Waals surface area (Å²) < 4.78 is 0. The number of hydrogen-bond acceptors (Lipinski definition) is 5. The monoisotopic (exact) mass is 330 g/mol. The maximum Gasteiger partial charge on any atom is 0.276 e. The molecule has 0 saturated carbocycles. The van der Waals surface area contributed by atoms with E-state index in [-0.39, 0.29) is 11.6 Å². The minimum Gasteiger partial charge on any atom is -0.286 e. The van der Waals surface area contributed by atoms with Gasteiger partial charge in [-0.15, -0.1) is 5.10 Å². The first-order valence-electron chi connectivity index (χ1n) is 7.31. The molecule has 0 unspecified atom stereocenters. The number of carbonyl (C=O) groups excluding carboxylic acids is 1. The summed E-state index contributed by atoms with van der Waals surface area (Å²) in [7, 11) is 0. The lowest BCUT2D eigenvalue weighted by Crippen LogP contribution is -2.15. The van der Waals surface area contributed by atoms with Crippen molar-refractivity contribution in [3.63, 3.8) is 0 Å². The van der Waals surface area contributed by atoms with Gasteiger partial charge in [-0.1, -0.05) is 36.1 Å². The number of halogens is 1. The van der Waals surface area contributed by atoms with Crippen molar-refractivity contribution in [3.8, 4) is 0 Å². The number of H-pyrrole nitrogens is 1. The summed E-state index contributed by atoms with van der Waals surface area (Å²) in [5.74, 6) is -0.354. The van der Waals surface area contributed by atoms with Gasteiger partial charge in [0.15, 0.2) is 0 Å². The second kappa shape index (κ2) is 6.70. The van der Waals surface area contributed by atoms with Gasteiger partial charge in [-0.3, -0.25) is 10.1 Å². The first-order valence-corrected chi connectivity index (χ1v) is 7.69. The van der Waals surface area contributed by atoms with E-state index in [0.717, 1.165) is 24.6 Å². The molecule has 0 spiro atoms. The molecule has 3 aromatic rings. The van der Waals surface area contributed by atoms with E-state index in [0.29, 0.717) is 10.5 Å². The van der Waals surface area contributed by atoms with Crippen molar-refractivity contribution in [1.82, 2.24) is 25.6 Å². The smallest absolute Gasteiger partial charge is 0.276 e. The zero-order valence-electron chi connectivity index (χ0n) is 12.5. The van der Waals surface area contributed by atoms with Gasteiger partial charge in [-0.05, 0) is 41.8 Å². The third-order valence-corrected chi connectivity index (χ3v) is 3.76. The van der Waals surface area contributed by atoms with Crippen LogP contribution < -0.4 is 5.32 Å². The van der Waals surface area contributed by atoms with Gasteiger partial charge in [0, 0.05) is 5.39 Å². The number of nitrogens with one attached hydrogen (secondary N) is 2. The Morgan fingerprint density at radius 3 is 2.96 bits per heavy atom. The van der Waals surface area contributed by atoms with E-state index in [9.17, 15) is 4.79 Å². The Hall–Kier alpha value is -2.54. The second-order valence-electron chi connectivity index (χ2n) is 5.13. The van der Waals surface area contributed by atoms with Crippen molar-refractivity contribution in [2.75, 3.05) is 5.32 Å². The minimum absolute atomic E-state index is 0.0860. The van der Waals surface area contributed by atoms with Crippen LogP contribution in [0.3, 0.4) is 0 Å². The van der Waals surface area contributed by atoms with Crippen LogP contribution >= 0.6 is 11.6 Å². The fourth-order valence-corrected chi connectivity index (χ4v) is 2.52. The maximum atomic E-state index is 12.2. The average Bonchev–Trinajstić information content (AvgIpc) is 3.06. The molecule has 1 aromatic carbocycles. The van der Waals surface area contributed by atoms with Crippen LogP contribution in [0.15, 0.2) is 24.3 Å². The number of rotatable bonds is 5. The van der Waals surface area contributed by atoms with E-state index in [2.05, 4.69) is 37.8 Å². The van der Waals surface area contributed by atoms with Gasteiger partial charge in [-0.2, -0.15) is 5.21 Å². The Labute approximate surface area is 137 Å². The van der Waals surface area contributed by atoms with Crippen LogP contribution in [0, 0.1) is 0 Å². The zero-order chi connectivity index (χ0) is 16.2. The predicted molar refractivity (Wildman–Crippen MR) is 87.5 cm³/mol. The number of nitrogens with zero attached hydrogens (tertiary/aromatic N) is 4. The molecule has 0 saturated heterocycles. The average molecular weight is 331 g/mol. The summed E-state index contributed by atoms with van der Waals surface area (Å²) in [4.78, 5) is 16.5. The Kier molecular flexibility index (Phi) is 4.47. The first kappa shape index (κ1) is 15.4. The second-order valence-corrected chi connectivity index (χ2v) is 5.54. The fraction of sp³-hybridized carbons (Fsp3) is 0.267. The highest BCUT2D eigenvalue weighted by Crippen LogP contribution is 2.25. The van der Waals surface area contributed by atoms with Gasteiger partial charge in [0.25, 0.3) is 11.9 Å². The van der Waals surface area contributed by atoms with Crippen molar-refractivity contribution in [3.05, 3.63) is 40.5 Å². The standard InChI is InChI=1S/C15H15ClN6O/c1-2-3-4-9-5-6-12-10(7-9)11(16)8-13(17-12)14(23)18-15-19-21-22-20-15/h5-8H,2-4H2,1H3,(H2,18,19,20,21,22,23). The number of amides is 1. The van der Waals surface area contributed by atoms with E-state index in [1.807, 2.05) is 18.2 Å². The van der Waals surface area contributed by atoms with Crippen molar-refractivity contribution >= 4 is 34.4 Å². The molecule has 0 aliphatic rings. The summed E-state index contributed by atoms with van der Waals surface area (Å²) in [5, 5.41) is 16.8. The van der Waals surface area contributed by atoms with Gasteiger partial charge in [0.1, 0.15) is 5.69 Å². The molecule has 8 heteroatoms. The Balaban J connectivity index is 1.90. The third kappa shape index (κ3) is 3.45. The molecule has 7 nitrogen and oxygen atoms in total. The minimum atomic E-state index is -0.440. The fourth-order valence-electron chi connectivity index (χ4n) is 2.26. The number of benzene rings is 1. The summed E-state index contributed by atoms with van der Waals surface area (Å²) in [6.45, 7) is 2.16. The zero-order valence-corrected chi connectivity index (χ0v) is 13.3. The number of pyridine rings is 1. The highest BCUT2D eigenvalue weighted by Gasteiger charge is 2.13. The van der Waals surface area contributed by atoms with Crippen molar-refractivity contribution in [2.24, 2.45) is 0 Å². The maximum absolute atomic E-state index is 12.2. The Bertz CT molecular complexity index is 833. The SMILES string of the molecule is CCCCc1ccc2nc(C(=O)Nc3nn[nH]n3)cc(Cl)c2c1. The predicted octanol–water partition coefficient (Wildman–Crippen LogP) is 3.00. The molecule has 0 aliphatic carbocycles. The van der Waals surface area contributed by atoms with E-state index in [1.54, 1.807) is 6.07 Å². The number of hydrogen-bond donors (Lipinski definition) is 2. The van der Waals surface area contributed by atoms with Crippen LogP contribution in [-0.4, -0.2) is 31.5 Å². The van der Waals surface area contributed by atoms with Crippen molar-refractivity contribution in [2.45, 2.75) is 26.2 Å². The molecule has 2 N–H and O–H groups in total. The van der Waals surface area contributed by atoms with Crippen LogP contribution in [0.5, 0.6) is 0 Å². The number of carbonyl (C=O) groups is 1. The summed E-state index contributed by atoms with van der Waals surface area (Å²) in [5.41, 5.74) is 2.09. The van der Waals surface area contributed by atoms with E-state index in [4.69, 9.17) is 11.6 Å². The van der Waals surface area contributed by atoms with Gasteiger partial charge >= 0.3 is 0 Å². The molecule has 0 bridgehead atoms. The quantitative estimate of drug-likeness (QED) is 0.749. The molecule has 0 atom stereocenters. The van der Waals surface area contributed by atoms with Gasteiger partial charge in [-0.25, -0.2) is 4.98 Å². The van der Waals surface area contributed by atoms with Crippen LogP contribution in [0.1, 0.15) is 35.8 Å². The largest absolute Gasteiger partial charge is 0.286 e. The molecule has 2 heterocycles. The Morgan fingerprint density at radius 1 is 1.35 bits per heavy atom. The lowest BCUT2D eigenvalue weighted by Gasteiger charge is -2.07. The molecule has 0 aliphatic heterocycles. The normalized spacial score (nSPS) is 10.9. The molecule has 118 valence electrons. The Morgan fingerprint density at radius 2 is 2.22 bits per heavy atom. The van der Waals surface area contributed by atoms with Gasteiger partial charge in [0.05, 0.1) is 10.5 Å². The number of unbranched alkanes of at least 4 members (excludes halogenated alkanes) is 1. The molecular weight excluding hydrogens is 316 g/mol. The van der Waals surface area contributed by atoms with Crippen LogP contribution in [0.25, 0.3) is 10.9 Å². The molecule has 3 rings (SSSR count). The number of tetrazole rings is 1. The number of anilines is 1. The molecule has 1 amide bonds. The van der Waals surface area contributed by atoms with E-state index < -0.39 is 5.91 Å².